The molecule has 4 heterocycles. The van der Waals surface area contributed by atoms with Gasteiger partial charge in [0.05, 0.1) is 43.4 Å². The van der Waals surface area contributed by atoms with Gasteiger partial charge in [-0.25, -0.2) is 4.98 Å². The fourth-order valence-corrected chi connectivity index (χ4v) is 4.18. The molecule has 2 aromatic heterocycles. The second kappa shape index (κ2) is 6.31. The molecule has 2 atom stereocenters. The Bertz CT molecular complexity index is 714. The molecule has 24 heavy (non-hydrogen) atoms. The van der Waals surface area contributed by atoms with Gasteiger partial charge in [-0.15, -0.1) is 11.3 Å². The van der Waals surface area contributed by atoms with Gasteiger partial charge in [-0.05, 0) is 19.1 Å². The molecule has 7 heteroatoms. The summed E-state index contributed by atoms with van der Waals surface area (Å²) in [4.78, 5) is 18.8. The Morgan fingerprint density at radius 2 is 2.50 bits per heavy atom. The lowest BCUT2D eigenvalue weighted by atomic mass is 9.82. The highest BCUT2D eigenvalue weighted by molar-refractivity contribution is 7.09. The quantitative estimate of drug-likeness (QED) is 0.830. The maximum absolute atomic E-state index is 12.5. The van der Waals surface area contributed by atoms with E-state index in [-0.39, 0.29) is 11.3 Å². The first-order chi connectivity index (χ1) is 11.7. The van der Waals surface area contributed by atoms with Crippen molar-refractivity contribution < 1.29 is 18.7 Å². The summed E-state index contributed by atoms with van der Waals surface area (Å²) >= 11 is 1.63. The summed E-state index contributed by atoms with van der Waals surface area (Å²) in [6.45, 7) is 5.73. The Kier molecular flexibility index (Phi) is 4.15. The summed E-state index contributed by atoms with van der Waals surface area (Å²) in [6, 6.07) is 3.45. The van der Waals surface area contributed by atoms with Gasteiger partial charge in [0.25, 0.3) is 5.91 Å². The van der Waals surface area contributed by atoms with E-state index in [2.05, 4.69) is 4.98 Å². The van der Waals surface area contributed by atoms with Crippen molar-refractivity contribution in [1.29, 1.82) is 0 Å². The number of furan rings is 1. The lowest BCUT2D eigenvalue weighted by molar-refractivity contribution is 0.0173. The van der Waals surface area contributed by atoms with Crippen LogP contribution >= 0.6 is 11.3 Å². The first-order valence-corrected chi connectivity index (χ1v) is 8.93. The smallest absolute Gasteiger partial charge is 0.289 e. The standard InChI is InChI=1S/C17H20N2O4S/c1-12-18-14(8-24-12)7-22-11-17-9-19(5-13(17)6-21-10-17)16(20)15-3-2-4-23-15/h2-4,8,13H,5-7,9-11H2,1H3/t13-,17+/m0/s1. The molecule has 0 bridgehead atoms. The van der Waals surface area contributed by atoms with E-state index in [0.717, 1.165) is 10.7 Å². The van der Waals surface area contributed by atoms with Crippen LogP contribution in [-0.2, 0) is 16.1 Å². The summed E-state index contributed by atoms with van der Waals surface area (Å²) in [7, 11) is 0. The van der Waals surface area contributed by atoms with E-state index in [0.29, 0.717) is 51.2 Å². The van der Waals surface area contributed by atoms with E-state index in [1.165, 1.54) is 6.26 Å². The van der Waals surface area contributed by atoms with Crippen LogP contribution in [0.5, 0.6) is 0 Å². The van der Waals surface area contributed by atoms with Crippen LogP contribution in [0.3, 0.4) is 0 Å². The summed E-state index contributed by atoms with van der Waals surface area (Å²) in [5.74, 6) is 0.655. The fraction of sp³-hybridized carbons (Fsp3) is 0.529. The molecule has 4 rings (SSSR count). The molecule has 2 aliphatic rings. The summed E-state index contributed by atoms with van der Waals surface area (Å²) in [6.07, 6.45) is 1.53. The van der Waals surface area contributed by atoms with Crippen molar-refractivity contribution in [3.63, 3.8) is 0 Å². The number of carbonyl (C=O) groups is 1. The second-order valence-corrected chi connectivity index (χ2v) is 7.65. The van der Waals surface area contributed by atoms with Gasteiger partial charge < -0.3 is 18.8 Å². The van der Waals surface area contributed by atoms with Crippen LogP contribution in [0, 0.1) is 18.3 Å². The number of carbonyl (C=O) groups excluding carboxylic acids is 1. The Balaban J connectivity index is 1.40. The van der Waals surface area contributed by atoms with Gasteiger partial charge in [0.15, 0.2) is 5.76 Å². The predicted octanol–water partition coefficient (Wildman–Crippen LogP) is 2.35. The van der Waals surface area contributed by atoms with Gasteiger partial charge in [-0.1, -0.05) is 0 Å². The van der Waals surface area contributed by atoms with Crippen molar-refractivity contribution in [1.82, 2.24) is 9.88 Å². The minimum Gasteiger partial charge on any atom is -0.459 e. The SMILES string of the molecule is Cc1nc(COC[C@@]23COC[C@@H]2CN(C(=O)c2ccco2)C3)cs1. The van der Waals surface area contributed by atoms with Crippen molar-refractivity contribution in [2.24, 2.45) is 11.3 Å². The maximum Gasteiger partial charge on any atom is 0.289 e. The van der Waals surface area contributed by atoms with E-state index < -0.39 is 0 Å². The first kappa shape index (κ1) is 15.8. The highest BCUT2D eigenvalue weighted by Crippen LogP contribution is 2.42. The average molecular weight is 348 g/mol. The normalized spacial score (nSPS) is 26.0. The predicted molar refractivity (Wildman–Crippen MR) is 87.9 cm³/mol. The molecule has 0 unspecified atom stereocenters. The molecule has 1 amide bonds. The molecule has 0 radical (unpaired) electrons. The highest BCUT2D eigenvalue weighted by atomic mass is 32.1. The third-order valence-corrected chi connectivity index (χ3v) is 5.67. The highest BCUT2D eigenvalue weighted by Gasteiger charge is 2.52. The summed E-state index contributed by atoms with van der Waals surface area (Å²) in [5, 5.41) is 3.07. The molecule has 2 fully saturated rings. The Hall–Kier alpha value is -1.70. The van der Waals surface area contributed by atoms with Crippen LogP contribution < -0.4 is 0 Å². The van der Waals surface area contributed by atoms with Crippen molar-refractivity contribution in [2.45, 2.75) is 13.5 Å². The minimum atomic E-state index is -0.118. The maximum atomic E-state index is 12.5. The van der Waals surface area contributed by atoms with Gasteiger partial charge >= 0.3 is 0 Å². The van der Waals surface area contributed by atoms with Crippen molar-refractivity contribution in [3.8, 4) is 0 Å². The Morgan fingerprint density at radius 3 is 3.25 bits per heavy atom. The summed E-state index contributed by atoms with van der Waals surface area (Å²) in [5.41, 5.74) is 0.846. The van der Waals surface area contributed by atoms with E-state index in [1.54, 1.807) is 23.5 Å². The number of hydrogen-bond donors (Lipinski definition) is 0. The topological polar surface area (TPSA) is 64.8 Å². The number of aryl methyl sites for hydroxylation is 1. The van der Waals surface area contributed by atoms with Crippen LogP contribution in [0.4, 0.5) is 0 Å². The molecule has 0 spiro atoms. The third kappa shape index (κ3) is 2.87. The largest absolute Gasteiger partial charge is 0.459 e. The van der Waals surface area contributed by atoms with Crippen LogP contribution in [0.2, 0.25) is 0 Å². The summed E-state index contributed by atoms with van der Waals surface area (Å²) < 4.78 is 16.9. The van der Waals surface area contributed by atoms with Gasteiger partial charge in [-0.2, -0.15) is 0 Å². The van der Waals surface area contributed by atoms with Gasteiger partial charge in [0, 0.05) is 29.8 Å². The molecular formula is C17H20N2O4S. The van der Waals surface area contributed by atoms with E-state index in [4.69, 9.17) is 13.9 Å². The fourth-order valence-electron chi connectivity index (χ4n) is 3.58. The van der Waals surface area contributed by atoms with Crippen LogP contribution in [-0.4, -0.2) is 48.7 Å². The van der Waals surface area contributed by atoms with E-state index in [1.807, 2.05) is 17.2 Å². The zero-order valence-corrected chi connectivity index (χ0v) is 14.4. The molecule has 0 aliphatic carbocycles. The monoisotopic (exact) mass is 348 g/mol. The zero-order chi connectivity index (χ0) is 16.6. The minimum absolute atomic E-state index is 0.0519. The van der Waals surface area contributed by atoms with Crippen LogP contribution in [0.1, 0.15) is 21.3 Å². The number of likely N-dealkylation sites (tertiary alicyclic amines) is 1. The van der Waals surface area contributed by atoms with Crippen molar-refractivity contribution in [2.75, 3.05) is 32.9 Å². The van der Waals surface area contributed by atoms with Gasteiger partial charge in [-0.3, -0.25) is 4.79 Å². The van der Waals surface area contributed by atoms with Crippen molar-refractivity contribution in [3.05, 3.63) is 40.2 Å². The van der Waals surface area contributed by atoms with Crippen LogP contribution in [0.15, 0.2) is 28.2 Å². The zero-order valence-electron chi connectivity index (χ0n) is 13.6. The average Bonchev–Trinajstić information content (AvgIpc) is 3.29. The van der Waals surface area contributed by atoms with Gasteiger partial charge in [0.1, 0.15) is 0 Å². The lowest BCUT2D eigenvalue weighted by Gasteiger charge is -2.26. The number of rotatable bonds is 5. The van der Waals surface area contributed by atoms with E-state index in [9.17, 15) is 4.79 Å². The van der Waals surface area contributed by atoms with Crippen LogP contribution in [0.25, 0.3) is 0 Å². The van der Waals surface area contributed by atoms with Crippen molar-refractivity contribution >= 4 is 17.2 Å². The number of thiazole rings is 1. The molecule has 2 aromatic rings. The molecule has 0 aromatic carbocycles. The Morgan fingerprint density at radius 1 is 1.58 bits per heavy atom. The van der Waals surface area contributed by atoms with Gasteiger partial charge in [0.2, 0.25) is 0 Å². The second-order valence-electron chi connectivity index (χ2n) is 6.59. The molecule has 0 saturated carbocycles. The number of hydrogen-bond acceptors (Lipinski definition) is 6. The molecular weight excluding hydrogens is 328 g/mol. The molecule has 0 N–H and O–H groups in total. The third-order valence-electron chi connectivity index (χ3n) is 4.85. The number of aromatic nitrogens is 1. The lowest BCUT2D eigenvalue weighted by Crippen LogP contribution is -2.37. The Labute approximate surface area is 144 Å². The molecule has 6 nitrogen and oxygen atoms in total. The molecule has 2 saturated heterocycles. The number of fused-ring (bicyclic) bond motifs is 1. The molecule has 2 aliphatic heterocycles. The number of nitrogens with zero attached hydrogens (tertiary/aromatic N) is 2. The first-order valence-electron chi connectivity index (χ1n) is 8.06. The molecule has 128 valence electrons. The van der Waals surface area contributed by atoms with E-state index >= 15 is 0 Å². The number of ether oxygens (including phenoxy) is 2. The number of amides is 1.